The van der Waals surface area contributed by atoms with E-state index in [1.54, 1.807) is 6.92 Å². The van der Waals surface area contributed by atoms with E-state index in [2.05, 4.69) is 12.2 Å². The largest absolute Gasteiger partial charge is 0.352 e. The van der Waals surface area contributed by atoms with Gasteiger partial charge in [0.15, 0.2) is 0 Å². The first-order valence-corrected chi connectivity index (χ1v) is 6.13. The average molecular weight is 234 g/mol. The van der Waals surface area contributed by atoms with E-state index in [4.69, 9.17) is 5.73 Å². The van der Waals surface area contributed by atoms with Gasteiger partial charge in [0, 0.05) is 6.04 Å². The maximum Gasteiger partial charge on any atom is 0.244 e. The van der Waals surface area contributed by atoms with Crippen molar-refractivity contribution in [3.8, 4) is 0 Å². The maximum atomic E-state index is 12.1. The summed E-state index contributed by atoms with van der Waals surface area (Å²) in [6, 6.07) is 9.62. The van der Waals surface area contributed by atoms with Gasteiger partial charge in [-0.2, -0.15) is 0 Å². The number of hydrogen-bond donors (Lipinski definition) is 2. The van der Waals surface area contributed by atoms with Crippen LogP contribution in [0.5, 0.6) is 0 Å². The van der Waals surface area contributed by atoms with Gasteiger partial charge in [0.25, 0.3) is 0 Å². The minimum Gasteiger partial charge on any atom is -0.352 e. The van der Waals surface area contributed by atoms with Crippen molar-refractivity contribution in [1.82, 2.24) is 5.32 Å². The molecule has 0 heterocycles. The lowest BCUT2D eigenvalue weighted by Crippen LogP contribution is -2.51. The Kier molecular flexibility index (Phi) is 4.70. The van der Waals surface area contributed by atoms with E-state index in [0.717, 1.165) is 18.4 Å². The predicted molar refractivity (Wildman–Crippen MR) is 70.5 cm³/mol. The minimum absolute atomic E-state index is 0.121. The molecule has 0 aromatic heterocycles. The molecule has 3 N–H and O–H groups in total. The Morgan fingerprint density at radius 3 is 2.53 bits per heavy atom. The number of rotatable bonds is 5. The van der Waals surface area contributed by atoms with Crippen LogP contribution in [0.3, 0.4) is 0 Å². The van der Waals surface area contributed by atoms with Gasteiger partial charge in [-0.15, -0.1) is 0 Å². The van der Waals surface area contributed by atoms with E-state index in [0.29, 0.717) is 0 Å². The normalized spacial score (nSPS) is 16.0. The van der Waals surface area contributed by atoms with Gasteiger partial charge >= 0.3 is 0 Å². The summed E-state index contributed by atoms with van der Waals surface area (Å²) in [5.41, 5.74) is 5.98. The number of nitrogens with two attached hydrogens (primary N) is 1. The van der Waals surface area contributed by atoms with Crippen LogP contribution in [0.1, 0.15) is 39.2 Å². The maximum absolute atomic E-state index is 12.1. The van der Waals surface area contributed by atoms with Crippen LogP contribution in [0.4, 0.5) is 0 Å². The first kappa shape index (κ1) is 13.7. The SMILES string of the molecule is CCCC(C)NC(=O)C(C)(N)c1ccccc1. The third-order valence-electron chi connectivity index (χ3n) is 2.94. The van der Waals surface area contributed by atoms with E-state index in [9.17, 15) is 4.79 Å². The summed E-state index contributed by atoms with van der Waals surface area (Å²) in [4.78, 5) is 12.1. The summed E-state index contributed by atoms with van der Waals surface area (Å²) in [5.74, 6) is -0.121. The standard InChI is InChI=1S/C14H22N2O/c1-4-8-11(2)16-13(17)14(3,15)12-9-6-5-7-10-12/h5-7,9-11H,4,8,15H2,1-3H3,(H,16,17). The quantitative estimate of drug-likeness (QED) is 0.820. The highest BCUT2D eigenvalue weighted by molar-refractivity contribution is 5.87. The molecule has 0 aliphatic carbocycles. The number of hydrogen-bond acceptors (Lipinski definition) is 2. The number of carbonyl (C=O) groups excluding carboxylic acids is 1. The highest BCUT2D eigenvalue weighted by Crippen LogP contribution is 2.17. The Labute approximate surface area is 103 Å². The molecule has 0 spiro atoms. The van der Waals surface area contributed by atoms with Crippen molar-refractivity contribution in [3.05, 3.63) is 35.9 Å². The number of benzene rings is 1. The molecule has 1 rings (SSSR count). The lowest BCUT2D eigenvalue weighted by atomic mass is 9.92. The smallest absolute Gasteiger partial charge is 0.244 e. The Morgan fingerprint density at radius 2 is 2.00 bits per heavy atom. The molecule has 94 valence electrons. The molecular weight excluding hydrogens is 212 g/mol. The monoisotopic (exact) mass is 234 g/mol. The summed E-state index contributed by atoms with van der Waals surface area (Å²) in [6.45, 7) is 5.85. The number of amides is 1. The van der Waals surface area contributed by atoms with Crippen molar-refractivity contribution in [1.29, 1.82) is 0 Å². The van der Waals surface area contributed by atoms with Crippen molar-refractivity contribution in [2.24, 2.45) is 5.73 Å². The summed E-state index contributed by atoms with van der Waals surface area (Å²) in [6.07, 6.45) is 2.02. The molecule has 0 radical (unpaired) electrons. The van der Waals surface area contributed by atoms with Gasteiger partial charge in [-0.05, 0) is 25.8 Å². The van der Waals surface area contributed by atoms with Crippen molar-refractivity contribution < 1.29 is 4.79 Å². The third kappa shape index (κ3) is 3.56. The van der Waals surface area contributed by atoms with E-state index in [1.807, 2.05) is 37.3 Å². The number of nitrogens with one attached hydrogen (secondary N) is 1. The Morgan fingerprint density at radius 1 is 1.41 bits per heavy atom. The second-order valence-corrected chi connectivity index (χ2v) is 4.73. The lowest BCUT2D eigenvalue weighted by molar-refractivity contribution is -0.126. The highest BCUT2D eigenvalue weighted by Gasteiger charge is 2.30. The van der Waals surface area contributed by atoms with Crippen LogP contribution in [-0.4, -0.2) is 11.9 Å². The van der Waals surface area contributed by atoms with Crippen molar-refractivity contribution in [2.75, 3.05) is 0 Å². The van der Waals surface area contributed by atoms with E-state index in [1.165, 1.54) is 0 Å². The van der Waals surface area contributed by atoms with E-state index >= 15 is 0 Å². The molecule has 3 nitrogen and oxygen atoms in total. The van der Waals surface area contributed by atoms with Crippen molar-refractivity contribution in [2.45, 2.75) is 45.2 Å². The Bertz CT molecular complexity index is 360. The van der Waals surface area contributed by atoms with Crippen molar-refractivity contribution >= 4 is 5.91 Å². The van der Waals surface area contributed by atoms with Crippen LogP contribution < -0.4 is 11.1 Å². The van der Waals surface area contributed by atoms with Crippen LogP contribution in [0, 0.1) is 0 Å². The number of carbonyl (C=O) groups is 1. The van der Waals surface area contributed by atoms with Gasteiger partial charge in [-0.25, -0.2) is 0 Å². The molecule has 0 saturated heterocycles. The van der Waals surface area contributed by atoms with Crippen LogP contribution in [0.25, 0.3) is 0 Å². The molecule has 0 bridgehead atoms. The summed E-state index contributed by atoms with van der Waals surface area (Å²) >= 11 is 0. The zero-order valence-electron chi connectivity index (χ0n) is 10.9. The van der Waals surface area contributed by atoms with E-state index in [-0.39, 0.29) is 11.9 Å². The zero-order chi connectivity index (χ0) is 12.9. The van der Waals surface area contributed by atoms with Crippen LogP contribution in [-0.2, 0) is 10.3 Å². The first-order chi connectivity index (χ1) is 7.98. The van der Waals surface area contributed by atoms with Crippen LogP contribution >= 0.6 is 0 Å². The van der Waals surface area contributed by atoms with Gasteiger partial charge in [0.1, 0.15) is 5.54 Å². The summed E-state index contributed by atoms with van der Waals surface area (Å²) in [7, 11) is 0. The Balaban J connectivity index is 2.74. The van der Waals surface area contributed by atoms with Gasteiger partial charge in [0.05, 0.1) is 0 Å². The molecule has 1 aromatic rings. The van der Waals surface area contributed by atoms with Gasteiger partial charge in [-0.1, -0.05) is 43.7 Å². The predicted octanol–water partition coefficient (Wildman–Crippen LogP) is 2.17. The summed E-state index contributed by atoms with van der Waals surface area (Å²) in [5, 5.41) is 2.96. The molecular formula is C14H22N2O. The second-order valence-electron chi connectivity index (χ2n) is 4.73. The van der Waals surface area contributed by atoms with Crippen LogP contribution in [0.2, 0.25) is 0 Å². The van der Waals surface area contributed by atoms with Gasteiger partial charge < -0.3 is 11.1 Å². The topological polar surface area (TPSA) is 55.1 Å². The molecule has 0 aliphatic rings. The summed E-state index contributed by atoms with van der Waals surface area (Å²) < 4.78 is 0. The fourth-order valence-electron chi connectivity index (χ4n) is 1.79. The first-order valence-electron chi connectivity index (χ1n) is 6.13. The fourth-order valence-corrected chi connectivity index (χ4v) is 1.79. The second kappa shape index (κ2) is 5.82. The highest BCUT2D eigenvalue weighted by atomic mass is 16.2. The molecule has 0 aliphatic heterocycles. The fraction of sp³-hybridized carbons (Fsp3) is 0.500. The van der Waals surface area contributed by atoms with Crippen LogP contribution in [0.15, 0.2) is 30.3 Å². The third-order valence-corrected chi connectivity index (χ3v) is 2.94. The molecule has 2 atom stereocenters. The zero-order valence-corrected chi connectivity index (χ0v) is 10.9. The molecule has 2 unspecified atom stereocenters. The van der Waals surface area contributed by atoms with Crippen molar-refractivity contribution in [3.63, 3.8) is 0 Å². The molecule has 1 amide bonds. The van der Waals surface area contributed by atoms with Gasteiger partial charge in [-0.3, -0.25) is 4.79 Å². The minimum atomic E-state index is -0.969. The van der Waals surface area contributed by atoms with E-state index < -0.39 is 5.54 Å². The molecule has 0 saturated carbocycles. The Hall–Kier alpha value is -1.35. The molecule has 1 aromatic carbocycles. The van der Waals surface area contributed by atoms with Gasteiger partial charge in [0.2, 0.25) is 5.91 Å². The molecule has 0 fully saturated rings. The molecule has 17 heavy (non-hydrogen) atoms. The molecule has 3 heteroatoms. The average Bonchev–Trinajstić information content (AvgIpc) is 2.30. The lowest BCUT2D eigenvalue weighted by Gasteiger charge is -2.26.